The molecular weight excluding hydrogens is 336 g/mol. The first kappa shape index (κ1) is 25.1. The van der Waals surface area contributed by atoms with Gasteiger partial charge in [0.15, 0.2) is 0 Å². The van der Waals surface area contributed by atoms with Gasteiger partial charge in [0.25, 0.3) is 0 Å². The fourth-order valence-corrected chi connectivity index (χ4v) is 5.04. The molecule has 0 aromatic rings. The Morgan fingerprint density at radius 1 is 0.737 bits per heavy atom. The van der Waals surface area contributed by atoms with E-state index in [9.17, 15) is 0 Å². The van der Waals surface area contributed by atoms with Gasteiger partial charge in [-0.15, -0.1) is 5.70 Å². The molecule has 0 aliphatic heterocycles. The summed E-state index contributed by atoms with van der Waals surface area (Å²) >= 11 is 0. The minimum Gasteiger partial charge on any atom is -0.358 e. The van der Waals surface area contributed by atoms with Crippen LogP contribution >= 0.6 is 0 Å². The Morgan fingerprint density at radius 3 is 1.42 bits per heavy atom. The fraction of sp³-hybridized carbons (Fsp3) is 0.714. The van der Waals surface area contributed by atoms with Crippen molar-refractivity contribution in [3.8, 4) is 0 Å². The van der Waals surface area contributed by atoms with Crippen molar-refractivity contribution in [2.45, 2.75) is 57.8 Å². The van der Waals surface area contributed by atoms with Crippen molar-refractivity contribution in [3.63, 3.8) is 0 Å². The van der Waals surface area contributed by atoms with E-state index in [2.05, 4.69) is 11.8 Å². The van der Waals surface area contributed by atoms with Gasteiger partial charge in [-0.25, -0.2) is 0 Å². The van der Waals surface area contributed by atoms with Crippen molar-refractivity contribution in [3.05, 3.63) is 26.6 Å². The van der Waals surface area contributed by atoms with Crippen molar-refractivity contribution < 1.29 is 17.1 Å². The molecule has 0 aromatic carbocycles. The summed E-state index contributed by atoms with van der Waals surface area (Å²) in [4.78, 5) is 0. The van der Waals surface area contributed by atoms with Crippen LogP contribution in [0, 0.1) is 20.8 Å². The third kappa shape index (κ3) is 15.3. The summed E-state index contributed by atoms with van der Waals surface area (Å²) in [6, 6.07) is 0. The Kier molecular flexibility index (Phi) is 18.6. The van der Waals surface area contributed by atoms with Gasteiger partial charge in [0.2, 0.25) is 0 Å². The molecule has 0 nitrogen and oxygen atoms in total. The largest absolute Gasteiger partial charge is 2.00 e. The van der Waals surface area contributed by atoms with Gasteiger partial charge in [0.05, 0.1) is 0 Å². The molecular formula is C14H36FeSi4. The van der Waals surface area contributed by atoms with E-state index in [0.29, 0.717) is 0 Å². The van der Waals surface area contributed by atoms with Crippen molar-refractivity contribution in [2.24, 2.45) is 5.92 Å². The van der Waals surface area contributed by atoms with Crippen LogP contribution in [-0.2, 0) is 17.1 Å². The Labute approximate surface area is 143 Å². The first-order chi connectivity index (χ1) is 7.58. The van der Waals surface area contributed by atoms with E-state index >= 15 is 0 Å². The first-order valence-electron chi connectivity index (χ1n) is 7.27. The van der Waals surface area contributed by atoms with Crippen molar-refractivity contribution >= 4 is 35.9 Å². The molecule has 2 fully saturated rings. The number of hydrogen-bond acceptors (Lipinski definition) is 0. The minimum absolute atomic E-state index is 0. The maximum atomic E-state index is 2.69. The van der Waals surface area contributed by atoms with Crippen LogP contribution < -0.4 is 0 Å². The van der Waals surface area contributed by atoms with Gasteiger partial charge in [0, 0.05) is 6.63 Å². The van der Waals surface area contributed by atoms with E-state index in [4.69, 9.17) is 0 Å². The normalized spacial score (nSPS) is 21.9. The molecule has 2 saturated carbocycles. The maximum Gasteiger partial charge on any atom is 2.00 e. The molecule has 116 valence electrons. The van der Waals surface area contributed by atoms with E-state index in [1.807, 2.05) is 0 Å². The predicted molar refractivity (Wildman–Crippen MR) is 103 cm³/mol. The number of hydrogen-bond donors (Lipinski definition) is 0. The van der Waals surface area contributed by atoms with Gasteiger partial charge < -0.3 is 14.9 Å². The molecule has 0 bridgehead atoms. The summed E-state index contributed by atoms with van der Waals surface area (Å²) in [5, 5.41) is 0. The van der Waals surface area contributed by atoms with E-state index in [1.165, 1.54) is 87.1 Å². The molecule has 19 heavy (non-hydrogen) atoms. The van der Waals surface area contributed by atoms with Gasteiger partial charge in [-0.2, -0.15) is 0 Å². The quantitative estimate of drug-likeness (QED) is 0.504. The van der Waals surface area contributed by atoms with Crippen molar-refractivity contribution in [1.82, 2.24) is 0 Å². The van der Waals surface area contributed by atoms with E-state index in [-0.39, 0.29) is 31.9 Å². The van der Waals surface area contributed by atoms with Crippen molar-refractivity contribution in [1.29, 1.82) is 0 Å². The van der Waals surface area contributed by atoms with Crippen LogP contribution in [0.3, 0.4) is 0 Å². The Hall–Kier alpha value is 1.13. The third-order valence-corrected chi connectivity index (χ3v) is 7.71. The molecule has 0 saturated heterocycles. The molecule has 0 N–H and O–H groups in total. The molecule has 0 heterocycles. The SMILES string of the molecule is C1CCCC1.[CH3-].[CH3-].[Fe+2].[SiH3][Si]([SiH3])([SiH3])C=CC1CCCC1. The summed E-state index contributed by atoms with van der Waals surface area (Å²) in [5.74, 6) is 0.999. The summed E-state index contributed by atoms with van der Waals surface area (Å²) in [5.41, 5.74) is 2.69. The zero-order chi connectivity index (χ0) is 11.9. The van der Waals surface area contributed by atoms with Gasteiger partial charge in [-0.1, -0.05) is 51.0 Å². The Morgan fingerprint density at radius 2 is 1.11 bits per heavy atom. The smallest absolute Gasteiger partial charge is 0.358 e. The standard InChI is InChI=1S/C7H20Si4.C5H10.2CH3.Fe/c8-11(9,10)6-5-7-3-1-2-4-7;1-2-4-5-3-1;;;/h5-7H,1-4H2,8-10H3;1-5H2;2*1H3;/q;;2*-1;+2. The fourth-order valence-electron chi connectivity index (χ4n) is 2.46. The van der Waals surface area contributed by atoms with Crippen LogP contribution in [0.15, 0.2) is 11.8 Å². The molecule has 2 rings (SSSR count). The summed E-state index contributed by atoms with van der Waals surface area (Å²) in [6.07, 6.45) is 16.1. The second-order valence-corrected chi connectivity index (χ2v) is 52.8. The Bertz CT molecular complexity index is 196. The first-order valence-corrected chi connectivity index (χ1v) is 19.8. The third-order valence-electron chi connectivity index (χ3n) is 3.52. The molecule has 0 atom stereocenters. The number of allylic oxidation sites excluding steroid dienone is 1. The van der Waals surface area contributed by atoms with Crippen LogP contribution in [-0.4, -0.2) is 35.9 Å². The van der Waals surface area contributed by atoms with Gasteiger partial charge in [0.1, 0.15) is 0 Å². The Balaban J connectivity index is -0.000000277. The minimum atomic E-state index is -0.489. The van der Waals surface area contributed by atoms with Gasteiger partial charge in [-0.3, -0.25) is 0 Å². The second-order valence-electron chi connectivity index (χ2n) is 6.54. The van der Waals surface area contributed by atoms with Crippen molar-refractivity contribution in [2.75, 3.05) is 0 Å². The van der Waals surface area contributed by atoms with Crippen LogP contribution in [0.2, 0.25) is 0 Å². The maximum absolute atomic E-state index is 2.69. The van der Waals surface area contributed by atoms with Crippen LogP contribution in [0.4, 0.5) is 0 Å². The molecule has 0 unspecified atom stereocenters. The topological polar surface area (TPSA) is 0 Å². The summed E-state index contributed by atoms with van der Waals surface area (Å²) in [6.45, 7) is -0.489. The second kappa shape index (κ2) is 14.1. The molecule has 5 heteroatoms. The molecule has 0 amide bonds. The van der Waals surface area contributed by atoms with E-state index < -0.39 is 6.63 Å². The summed E-state index contributed by atoms with van der Waals surface area (Å²) in [7, 11) is 4.60. The van der Waals surface area contributed by atoms with E-state index in [1.54, 1.807) is 0 Å². The monoisotopic (exact) mass is 372 g/mol. The predicted octanol–water partition coefficient (Wildman–Crippen LogP) is 1.16. The average Bonchev–Trinajstić information content (AvgIpc) is 2.90. The van der Waals surface area contributed by atoms with Crippen LogP contribution in [0.25, 0.3) is 0 Å². The zero-order valence-electron chi connectivity index (χ0n) is 13.9. The van der Waals surface area contributed by atoms with Crippen LogP contribution in [0.5, 0.6) is 0 Å². The van der Waals surface area contributed by atoms with Crippen LogP contribution in [0.1, 0.15) is 57.8 Å². The average molecular weight is 373 g/mol. The van der Waals surface area contributed by atoms with Gasteiger partial charge >= 0.3 is 17.1 Å². The van der Waals surface area contributed by atoms with E-state index in [0.717, 1.165) is 5.92 Å². The van der Waals surface area contributed by atoms with Gasteiger partial charge in [-0.05, 0) is 48.0 Å². The molecule has 0 radical (unpaired) electrons. The number of rotatable bonds is 2. The molecule has 0 aromatic heterocycles. The molecule has 0 spiro atoms. The summed E-state index contributed by atoms with van der Waals surface area (Å²) < 4.78 is 0. The molecule has 2 aliphatic rings. The molecule has 2 aliphatic carbocycles. The zero-order valence-corrected chi connectivity index (χ0v) is 22.1.